The van der Waals surface area contributed by atoms with Crippen LogP contribution in [-0.4, -0.2) is 26.3 Å². The van der Waals surface area contributed by atoms with Crippen LogP contribution in [0.5, 0.6) is 5.75 Å². The molecule has 33 heavy (non-hydrogen) atoms. The van der Waals surface area contributed by atoms with Gasteiger partial charge in [-0.25, -0.2) is 13.1 Å². The zero-order chi connectivity index (χ0) is 23.7. The Bertz CT molecular complexity index is 1180. The minimum atomic E-state index is -3.84. The van der Waals surface area contributed by atoms with Crippen LogP contribution in [0.4, 0.5) is 0 Å². The Morgan fingerprint density at radius 3 is 2.21 bits per heavy atom. The number of hydrogen-bond donors (Lipinski definition) is 3. The average Bonchev–Trinajstić information content (AvgIpc) is 2.85. The Kier molecular flexibility index (Phi) is 8.17. The molecule has 0 radical (unpaired) electrons. The van der Waals surface area contributed by atoms with Crippen molar-refractivity contribution in [3.63, 3.8) is 0 Å². The summed E-state index contributed by atoms with van der Waals surface area (Å²) in [4.78, 5) is 24.8. The number of nitrogens with one attached hydrogen (secondary N) is 3. The molecule has 0 fully saturated rings. The number of amides is 2. The lowest BCUT2D eigenvalue weighted by Gasteiger charge is -2.17. The van der Waals surface area contributed by atoms with Gasteiger partial charge in [0.15, 0.2) is 6.10 Å². The molecule has 3 N–H and O–H groups in total. The van der Waals surface area contributed by atoms with Gasteiger partial charge in [-0.15, -0.1) is 0 Å². The number of ether oxygens (including phenoxy) is 1. The van der Waals surface area contributed by atoms with E-state index >= 15 is 0 Å². The van der Waals surface area contributed by atoms with Gasteiger partial charge >= 0.3 is 0 Å². The van der Waals surface area contributed by atoms with Crippen LogP contribution in [-0.2, 0) is 21.4 Å². The first-order valence-corrected chi connectivity index (χ1v) is 11.8. The van der Waals surface area contributed by atoms with Gasteiger partial charge in [-0.2, -0.15) is 0 Å². The maximum atomic E-state index is 12.6. The molecular formula is C24H25N3O5S. The van der Waals surface area contributed by atoms with E-state index in [9.17, 15) is 18.0 Å². The van der Waals surface area contributed by atoms with Gasteiger partial charge in [-0.05, 0) is 42.3 Å². The summed E-state index contributed by atoms with van der Waals surface area (Å²) in [6, 6.07) is 23.5. The quantitative estimate of drug-likeness (QED) is 0.419. The molecule has 0 aliphatic heterocycles. The molecule has 0 aromatic heterocycles. The summed E-state index contributed by atoms with van der Waals surface area (Å²) in [6.45, 7) is 1.90. The first kappa shape index (κ1) is 24.0. The van der Waals surface area contributed by atoms with Crippen LogP contribution in [0.1, 0.15) is 29.3 Å². The average molecular weight is 468 g/mol. The molecule has 0 saturated carbocycles. The zero-order valence-corrected chi connectivity index (χ0v) is 18.8. The van der Waals surface area contributed by atoms with E-state index in [1.54, 1.807) is 43.3 Å². The molecule has 0 bridgehead atoms. The number of sulfonamides is 1. The predicted molar refractivity (Wildman–Crippen MR) is 124 cm³/mol. The fraction of sp³-hybridized carbons (Fsp3) is 0.167. The number of hydrogen-bond acceptors (Lipinski definition) is 5. The minimum absolute atomic E-state index is 0.0590. The van der Waals surface area contributed by atoms with Crippen molar-refractivity contribution in [3.05, 3.63) is 96.1 Å². The molecule has 1 atom stereocenters. The van der Waals surface area contributed by atoms with Crippen molar-refractivity contribution in [3.8, 4) is 5.75 Å². The maximum Gasteiger partial charge on any atom is 0.279 e. The van der Waals surface area contributed by atoms with Gasteiger partial charge in [-0.1, -0.05) is 61.5 Å². The molecular weight excluding hydrogens is 442 g/mol. The SMILES string of the molecule is CCC(Oc1ccccc1)C(=O)NNC(=O)c1cccc(S(=O)(=O)NCc2ccccc2)c1. The zero-order valence-electron chi connectivity index (χ0n) is 18.0. The van der Waals surface area contributed by atoms with Gasteiger partial charge in [-0.3, -0.25) is 20.4 Å². The van der Waals surface area contributed by atoms with Crippen LogP contribution in [0.15, 0.2) is 89.8 Å². The third kappa shape index (κ3) is 6.90. The smallest absolute Gasteiger partial charge is 0.279 e. The molecule has 2 amide bonds. The molecule has 0 saturated heterocycles. The summed E-state index contributed by atoms with van der Waals surface area (Å²) in [5.74, 6) is -0.646. The lowest BCUT2D eigenvalue weighted by Crippen LogP contribution is -2.48. The highest BCUT2D eigenvalue weighted by molar-refractivity contribution is 7.89. The highest BCUT2D eigenvalue weighted by Crippen LogP contribution is 2.14. The number of rotatable bonds is 9. The standard InChI is InChI=1S/C24H25N3O5S/c1-2-22(32-20-13-7-4-8-14-20)24(29)27-26-23(28)19-12-9-15-21(16-19)33(30,31)25-17-18-10-5-3-6-11-18/h3-16,22,25H,2,17H2,1H3,(H,26,28)(H,27,29). The largest absolute Gasteiger partial charge is 0.481 e. The Balaban J connectivity index is 1.60. The summed E-state index contributed by atoms with van der Waals surface area (Å²) in [7, 11) is -3.84. The highest BCUT2D eigenvalue weighted by Gasteiger charge is 2.20. The minimum Gasteiger partial charge on any atom is -0.481 e. The summed E-state index contributed by atoms with van der Waals surface area (Å²) >= 11 is 0. The Hall–Kier alpha value is -3.69. The second-order valence-corrected chi connectivity index (χ2v) is 8.88. The molecule has 9 heteroatoms. The topological polar surface area (TPSA) is 114 Å². The van der Waals surface area contributed by atoms with E-state index in [0.29, 0.717) is 12.2 Å². The molecule has 3 aromatic carbocycles. The Morgan fingerprint density at radius 1 is 0.879 bits per heavy atom. The van der Waals surface area contributed by atoms with Crippen molar-refractivity contribution >= 4 is 21.8 Å². The summed E-state index contributed by atoms with van der Waals surface area (Å²) in [5.41, 5.74) is 5.52. The third-order valence-electron chi connectivity index (χ3n) is 4.70. The third-order valence-corrected chi connectivity index (χ3v) is 6.10. The van der Waals surface area contributed by atoms with Crippen molar-refractivity contribution in [1.29, 1.82) is 0 Å². The van der Waals surface area contributed by atoms with Gasteiger partial charge < -0.3 is 4.74 Å². The molecule has 1 unspecified atom stereocenters. The van der Waals surface area contributed by atoms with E-state index < -0.39 is 27.9 Å². The van der Waals surface area contributed by atoms with Gasteiger partial charge in [0.25, 0.3) is 11.8 Å². The summed E-state index contributed by atoms with van der Waals surface area (Å²) in [5, 5.41) is 0. The van der Waals surface area contributed by atoms with Crippen LogP contribution in [0.25, 0.3) is 0 Å². The van der Waals surface area contributed by atoms with Crippen molar-refractivity contribution in [2.45, 2.75) is 30.9 Å². The van der Waals surface area contributed by atoms with Crippen LogP contribution in [0, 0.1) is 0 Å². The first-order chi connectivity index (χ1) is 15.9. The normalized spacial score (nSPS) is 11.9. The van der Waals surface area contributed by atoms with Crippen LogP contribution in [0.3, 0.4) is 0 Å². The van der Waals surface area contributed by atoms with Crippen LogP contribution >= 0.6 is 0 Å². The number of para-hydroxylation sites is 1. The second-order valence-electron chi connectivity index (χ2n) is 7.11. The van der Waals surface area contributed by atoms with Gasteiger partial charge in [0.2, 0.25) is 10.0 Å². The molecule has 3 aromatic rings. The summed E-state index contributed by atoms with van der Waals surface area (Å²) < 4.78 is 33.4. The molecule has 0 heterocycles. The molecule has 3 rings (SSSR count). The molecule has 172 valence electrons. The van der Waals surface area contributed by atoms with Gasteiger partial charge in [0.1, 0.15) is 5.75 Å². The molecule has 0 aliphatic rings. The van der Waals surface area contributed by atoms with Gasteiger partial charge in [0.05, 0.1) is 4.90 Å². The fourth-order valence-electron chi connectivity index (χ4n) is 2.92. The van der Waals surface area contributed by atoms with E-state index in [1.807, 2.05) is 24.3 Å². The van der Waals surface area contributed by atoms with E-state index in [4.69, 9.17) is 4.74 Å². The molecule has 0 spiro atoms. The van der Waals surface area contributed by atoms with Crippen LogP contribution < -0.4 is 20.3 Å². The first-order valence-electron chi connectivity index (χ1n) is 10.3. The predicted octanol–water partition coefficient (Wildman–Crippen LogP) is 2.78. The lowest BCUT2D eigenvalue weighted by atomic mass is 10.2. The number of benzene rings is 3. The number of carbonyl (C=O) groups is 2. The molecule has 0 aliphatic carbocycles. The molecule has 8 nitrogen and oxygen atoms in total. The monoisotopic (exact) mass is 467 g/mol. The van der Waals surface area contributed by atoms with E-state index in [1.165, 1.54) is 24.3 Å². The van der Waals surface area contributed by atoms with E-state index in [-0.39, 0.29) is 17.0 Å². The van der Waals surface area contributed by atoms with E-state index in [0.717, 1.165) is 5.56 Å². The van der Waals surface area contributed by atoms with Crippen LogP contribution in [0.2, 0.25) is 0 Å². The van der Waals surface area contributed by atoms with E-state index in [2.05, 4.69) is 15.6 Å². The Morgan fingerprint density at radius 2 is 1.55 bits per heavy atom. The lowest BCUT2D eigenvalue weighted by molar-refractivity contribution is -0.128. The highest BCUT2D eigenvalue weighted by atomic mass is 32.2. The number of carbonyl (C=O) groups excluding carboxylic acids is 2. The van der Waals surface area contributed by atoms with Gasteiger partial charge in [0, 0.05) is 12.1 Å². The van der Waals surface area contributed by atoms with Crippen molar-refractivity contribution in [2.75, 3.05) is 0 Å². The Labute approximate surface area is 193 Å². The van der Waals surface area contributed by atoms with Crippen molar-refractivity contribution < 1.29 is 22.7 Å². The second kappa shape index (κ2) is 11.3. The summed E-state index contributed by atoms with van der Waals surface area (Å²) in [6.07, 6.45) is -0.418. The number of hydrazine groups is 1. The van der Waals surface area contributed by atoms with Crippen molar-refractivity contribution in [1.82, 2.24) is 15.6 Å². The van der Waals surface area contributed by atoms with Crippen molar-refractivity contribution in [2.24, 2.45) is 0 Å². The fourth-order valence-corrected chi connectivity index (χ4v) is 3.98. The maximum absolute atomic E-state index is 12.6.